The van der Waals surface area contributed by atoms with Gasteiger partial charge < -0.3 is 0 Å². The molecule has 1 aromatic carbocycles. The summed E-state index contributed by atoms with van der Waals surface area (Å²) in [5.41, 5.74) is 7.15. The van der Waals surface area contributed by atoms with Crippen LogP contribution in [0, 0.1) is 19.8 Å². The van der Waals surface area contributed by atoms with Gasteiger partial charge in [0.05, 0.1) is 0 Å². The minimum Gasteiger partial charge on any atom is -0.271 e. The van der Waals surface area contributed by atoms with Gasteiger partial charge in [-0.05, 0) is 43.7 Å². The van der Waals surface area contributed by atoms with E-state index in [4.69, 9.17) is 5.84 Å². The highest BCUT2D eigenvalue weighted by Crippen LogP contribution is 2.34. The molecule has 1 aliphatic carbocycles. The first-order valence-electron chi connectivity index (χ1n) is 7.25. The molecule has 0 spiro atoms. The van der Waals surface area contributed by atoms with E-state index in [-0.39, 0.29) is 0 Å². The lowest BCUT2D eigenvalue weighted by Crippen LogP contribution is -2.34. The molecule has 0 saturated heterocycles. The standard InChI is InChI=1S/C16H26N2/c1-12-9-10-15(13(2)11-12)16(18-17)14-7-5-3-4-6-8-14/h9-11,14,16,18H,3-8,17H2,1-2H3. The van der Waals surface area contributed by atoms with Crippen LogP contribution in [0.2, 0.25) is 0 Å². The van der Waals surface area contributed by atoms with E-state index in [0.717, 1.165) is 0 Å². The maximum absolute atomic E-state index is 5.84. The number of hydrogen-bond acceptors (Lipinski definition) is 2. The molecule has 0 amide bonds. The van der Waals surface area contributed by atoms with Gasteiger partial charge >= 0.3 is 0 Å². The van der Waals surface area contributed by atoms with E-state index in [0.29, 0.717) is 12.0 Å². The molecule has 1 fully saturated rings. The Bertz CT molecular complexity index is 379. The lowest BCUT2D eigenvalue weighted by Gasteiger charge is -2.27. The van der Waals surface area contributed by atoms with Crippen molar-refractivity contribution in [1.29, 1.82) is 0 Å². The van der Waals surface area contributed by atoms with E-state index < -0.39 is 0 Å². The van der Waals surface area contributed by atoms with E-state index in [1.165, 1.54) is 55.2 Å². The SMILES string of the molecule is Cc1ccc(C(NN)C2CCCCCC2)c(C)c1. The molecule has 1 saturated carbocycles. The fourth-order valence-electron chi connectivity index (χ4n) is 3.30. The zero-order valence-electron chi connectivity index (χ0n) is 11.7. The van der Waals surface area contributed by atoms with Gasteiger partial charge in [0.25, 0.3) is 0 Å². The Labute approximate surface area is 111 Å². The minimum absolute atomic E-state index is 0.323. The Morgan fingerprint density at radius 2 is 1.78 bits per heavy atom. The zero-order valence-corrected chi connectivity index (χ0v) is 11.7. The molecule has 1 unspecified atom stereocenters. The Kier molecular flexibility index (Phi) is 4.79. The highest BCUT2D eigenvalue weighted by Gasteiger charge is 2.24. The van der Waals surface area contributed by atoms with Gasteiger partial charge in [-0.3, -0.25) is 11.3 Å². The van der Waals surface area contributed by atoms with Gasteiger partial charge in [0.15, 0.2) is 0 Å². The molecule has 1 aliphatic rings. The number of nitrogens with one attached hydrogen (secondary N) is 1. The summed E-state index contributed by atoms with van der Waals surface area (Å²) < 4.78 is 0. The molecule has 3 N–H and O–H groups in total. The van der Waals surface area contributed by atoms with Crippen molar-refractivity contribution >= 4 is 0 Å². The summed E-state index contributed by atoms with van der Waals surface area (Å²) in [5.74, 6) is 6.54. The molecule has 2 rings (SSSR count). The van der Waals surface area contributed by atoms with Crippen molar-refractivity contribution in [3.63, 3.8) is 0 Å². The summed E-state index contributed by atoms with van der Waals surface area (Å²) in [6.45, 7) is 4.34. The van der Waals surface area contributed by atoms with Crippen LogP contribution in [0.4, 0.5) is 0 Å². The first-order valence-corrected chi connectivity index (χ1v) is 7.25. The van der Waals surface area contributed by atoms with E-state index >= 15 is 0 Å². The fraction of sp³-hybridized carbons (Fsp3) is 0.625. The Hall–Kier alpha value is -0.860. The van der Waals surface area contributed by atoms with Gasteiger partial charge in [0, 0.05) is 6.04 Å². The molecular formula is C16H26N2. The first-order chi connectivity index (χ1) is 8.72. The Morgan fingerprint density at radius 1 is 1.11 bits per heavy atom. The third-order valence-corrected chi connectivity index (χ3v) is 4.31. The summed E-state index contributed by atoms with van der Waals surface area (Å²) in [6, 6.07) is 7.03. The summed E-state index contributed by atoms with van der Waals surface area (Å²) in [5, 5.41) is 0. The summed E-state index contributed by atoms with van der Waals surface area (Å²) >= 11 is 0. The number of aryl methyl sites for hydroxylation is 2. The van der Waals surface area contributed by atoms with Crippen molar-refractivity contribution < 1.29 is 0 Å². The van der Waals surface area contributed by atoms with Crippen LogP contribution >= 0.6 is 0 Å². The fourth-order valence-corrected chi connectivity index (χ4v) is 3.30. The predicted octanol–water partition coefficient (Wildman–Crippen LogP) is 3.78. The van der Waals surface area contributed by atoms with E-state index in [1.807, 2.05) is 0 Å². The predicted molar refractivity (Wildman–Crippen MR) is 77.2 cm³/mol. The monoisotopic (exact) mass is 246 g/mol. The maximum atomic E-state index is 5.84. The summed E-state index contributed by atoms with van der Waals surface area (Å²) in [7, 11) is 0. The minimum atomic E-state index is 0.323. The number of hydrazine groups is 1. The summed E-state index contributed by atoms with van der Waals surface area (Å²) in [6.07, 6.45) is 8.10. The third-order valence-electron chi connectivity index (χ3n) is 4.31. The largest absolute Gasteiger partial charge is 0.271 e. The number of rotatable bonds is 3. The molecule has 2 nitrogen and oxygen atoms in total. The molecule has 0 radical (unpaired) electrons. The average molecular weight is 246 g/mol. The molecule has 1 aromatic rings. The van der Waals surface area contributed by atoms with Crippen molar-refractivity contribution in [3.8, 4) is 0 Å². The molecule has 100 valence electrons. The first kappa shape index (κ1) is 13.6. The molecule has 0 bridgehead atoms. The average Bonchev–Trinajstić information content (AvgIpc) is 2.62. The lowest BCUT2D eigenvalue weighted by molar-refractivity contribution is 0.328. The van der Waals surface area contributed by atoms with Gasteiger partial charge in [-0.1, -0.05) is 49.4 Å². The molecular weight excluding hydrogens is 220 g/mol. The Morgan fingerprint density at radius 3 is 2.33 bits per heavy atom. The van der Waals surface area contributed by atoms with Crippen LogP contribution in [0.5, 0.6) is 0 Å². The van der Waals surface area contributed by atoms with E-state index in [9.17, 15) is 0 Å². The molecule has 0 aliphatic heterocycles. The van der Waals surface area contributed by atoms with Crippen molar-refractivity contribution in [2.45, 2.75) is 58.4 Å². The normalized spacial score (nSPS) is 19.5. The van der Waals surface area contributed by atoms with Crippen LogP contribution in [-0.4, -0.2) is 0 Å². The second kappa shape index (κ2) is 6.35. The highest BCUT2D eigenvalue weighted by molar-refractivity contribution is 5.33. The van der Waals surface area contributed by atoms with Crippen LogP contribution in [0.15, 0.2) is 18.2 Å². The van der Waals surface area contributed by atoms with Crippen LogP contribution < -0.4 is 11.3 Å². The Balaban J connectivity index is 2.20. The van der Waals surface area contributed by atoms with Gasteiger partial charge in [-0.25, -0.2) is 0 Å². The third kappa shape index (κ3) is 3.12. The van der Waals surface area contributed by atoms with Crippen molar-refractivity contribution in [1.82, 2.24) is 5.43 Å². The lowest BCUT2D eigenvalue weighted by atomic mass is 9.85. The number of nitrogens with two attached hydrogens (primary N) is 1. The molecule has 1 atom stereocenters. The van der Waals surface area contributed by atoms with Crippen molar-refractivity contribution in [2.24, 2.45) is 11.8 Å². The molecule has 0 aromatic heterocycles. The smallest absolute Gasteiger partial charge is 0.0490 e. The van der Waals surface area contributed by atoms with Crippen molar-refractivity contribution in [2.75, 3.05) is 0 Å². The quantitative estimate of drug-likeness (QED) is 0.484. The number of hydrogen-bond donors (Lipinski definition) is 2. The van der Waals surface area contributed by atoms with Crippen LogP contribution in [-0.2, 0) is 0 Å². The molecule has 18 heavy (non-hydrogen) atoms. The molecule has 0 heterocycles. The van der Waals surface area contributed by atoms with E-state index in [2.05, 4.69) is 37.5 Å². The second-order valence-electron chi connectivity index (χ2n) is 5.76. The van der Waals surface area contributed by atoms with Gasteiger partial charge in [-0.15, -0.1) is 0 Å². The summed E-state index contributed by atoms with van der Waals surface area (Å²) in [4.78, 5) is 0. The van der Waals surface area contributed by atoms with Gasteiger partial charge in [0.2, 0.25) is 0 Å². The maximum Gasteiger partial charge on any atom is 0.0490 e. The van der Waals surface area contributed by atoms with Crippen molar-refractivity contribution in [3.05, 3.63) is 34.9 Å². The van der Waals surface area contributed by atoms with Gasteiger partial charge in [-0.2, -0.15) is 0 Å². The highest BCUT2D eigenvalue weighted by atomic mass is 15.2. The second-order valence-corrected chi connectivity index (χ2v) is 5.76. The zero-order chi connectivity index (χ0) is 13.0. The van der Waals surface area contributed by atoms with E-state index in [1.54, 1.807) is 0 Å². The van der Waals surface area contributed by atoms with Gasteiger partial charge in [0.1, 0.15) is 0 Å². The van der Waals surface area contributed by atoms with Crippen LogP contribution in [0.25, 0.3) is 0 Å². The van der Waals surface area contributed by atoms with Crippen LogP contribution in [0.1, 0.15) is 61.3 Å². The molecule has 2 heteroatoms. The number of benzene rings is 1. The van der Waals surface area contributed by atoms with Crippen LogP contribution in [0.3, 0.4) is 0 Å². The topological polar surface area (TPSA) is 38.0 Å².